The van der Waals surface area contributed by atoms with Crippen molar-refractivity contribution >= 4 is 26.7 Å². The standard InChI is InChI=1S/C14H27N7OP.F6P/c1-17(2)23(18(3)4,19(5)6)20(7)14(22)21-13-11-9-8-10-12(13)15-16-21;1-7(2,3,4,5)6/h8-11,14,22H,1-7H3;/q+1;-1. The zero-order valence-corrected chi connectivity index (χ0v) is 19.4. The van der Waals surface area contributed by atoms with Gasteiger partial charge in [-0.05, 0) is 12.1 Å². The van der Waals surface area contributed by atoms with Gasteiger partial charge in [0.25, 0.3) is 0 Å². The van der Waals surface area contributed by atoms with Crippen LogP contribution in [0.15, 0.2) is 24.3 Å². The number of aromatic nitrogens is 3. The fourth-order valence-electron chi connectivity index (χ4n) is 3.27. The van der Waals surface area contributed by atoms with Gasteiger partial charge in [0.2, 0.25) is 6.35 Å². The van der Waals surface area contributed by atoms with Crippen LogP contribution < -0.4 is 0 Å². The summed E-state index contributed by atoms with van der Waals surface area (Å²) in [7, 11) is 1.32. The monoisotopic (exact) mass is 485 g/mol. The summed E-state index contributed by atoms with van der Waals surface area (Å²) < 4.78 is 69.1. The molecule has 0 saturated carbocycles. The van der Waals surface area contributed by atoms with E-state index in [9.17, 15) is 30.3 Å². The Morgan fingerprint density at radius 1 is 0.867 bits per heavy atom. The van der Waals surface area contributed by atoms with Gasteiger partial charge in [-0.15, -0.1) is 19.1 Å². The van der Waals surface area contributed by atoms with Gasteiger partial charge in [0.1, 0.15) is 5.52 Å². The first-order valence-electron chi connectivity index (χ1n) is 8.39. The Bertz CT molecular complexity index is 826. The normalized spacial score (nSPS) is 16.6. The fourth-order valence-corrected chi connectivity index (χ4v) is 7.49. The Balaban J connectivity index is 0.000000553. The van der Waals surface area contributed by atoms with Gasteiger partial charge in [0.05, 0.1) is 5.52 Å². The summed E-state index contributed by atoms with van der Waals surface area (Å²) in [6.45, 7) is 0. The van der Waals surface area contributed by atoms with Crippen LogP contribution in [-0.2, 0) is 0 Å². The maximum absolute atomic E-state index is 11.0. The van der Waals surface area contributed by atoms with Crippen LogP contribution in [0.2, 0.25) is 0 Å². The van der Waals surface area contributed by atoms with E-state index in [-0.39, 0.29) is 0 Å². The molecule has 0 saturated heterocycles. The molecule has 1 aromatic carbocycles. The number of nitrogens with zero attached hydrogens (tertiary/aromatic N) is 7. The van der Waals surface area contributed by atoms with Crippen LogP contribution >= 0.6 is 15.7 Å². The van der Waals surface area contributed by atoms with Gasteiger partial charge < -0.3 is 5.11 Å². The molecule has 0 amide bonds. The third-order valence-corrected chi connectivity index (χ3v) is 8.24. The predicted octanol–water partition coefficient (Wildman–Crippen LogP) is 4.56. The van der Waals surface area contributed by atoms with Crippen molar-refractivity contribution < 1.29 is 30.3 Å². The molecule has 176 valence electrons. The number of aliphatic hydroxyl groups is 1. The summed E-state index contributed by atoms with van der Waals surface area (Å²) in [5, 5.41) is 19.3. The third kappa shape index (κ3) is 6.94. The number of aliphatic hydroxyl groups excluding tert-OH is 1. The van der Waals surface area contributed by atoms with E-state index in [4.69, 9.17) is 0 Å². The molecule has 0 bridgehead atoms. The van der Waals surface area contributed by atoms with Crippen molar-refractivity contribution in [1.29, 1.82) is 0 Å². The van der Waals surface area contributed by atoms with E-state index in [1.807, 2.05) is 78.3 Å². The van der Waals surface area contributed by atoms with Crippen molar-refractivity contribution in [1.82, 2.24) is 33.7 Å². The van der Waals surface area contributed by atoms with E-state index in [1.165, 1.54) is 0 Å². The van der Waals surface area contributed by atoms with Crippen LogP contribution in [0.3, 0.4) is 0 Å². The number of rotatable bonds is 6. The minimum atomic E-state index is -10.7. The van der Waals surface area contributed by atoms with E-state index in [1.54, 1.807) is 4.68 Å². The van der Waals surface area contributed by atoms with Crippen molar-refractivity contribution in [3.05, 3.63) is 24.3 Å². The Morgan fingerprint density at radius 2 is 1.27 bits per heavy atom. The van der Waals surface area contributed by atoms with Gasteiger partial charge >= 0.3 is 40.9 Å². The number of benzene rings is 1. The molecule has 0 spiro atoms. The molecule has 0 aliphatic rings. The molecule has 0 aliphatic carbocycles. The summed E-state index contributed by atoms with van der Waals surface area (Å²) in [4.78, 5) is 0. The SMILES string of the molecule is CN(C)[P+](N(C)C)(N(C)C)N(C)C(O)n1nnc2ccccc21.F[P-](F)(F)(F)(F)F. The second-order valence-corrected chi connectivity index (χ2v) is 13.0. The van der Waals surface area contributed by atoms with E-state index in [0.29, 0.717) is 0 Å². The molecule has 1 heterocycles. The Morgan fingerprint density at radius 3 is 1.67 bits per heavy atom. The Kier molecular flexibility index (Phi) is 7.25. The first-order chi connectivity index (χ1) is 13.2. The zero-order chi connectivity index (χ0) is 23.8. The number of hydrogen-bond donors (Lipinski definition) is 1. The van der Waals surface area contributed by atoms with Crippen molar-refractivity contribution in [3.63, 3.8) is 0 Å². The summed E-state index contributed by atoms with van der Waals surface area (Å²) in [5.74, 6) is 0. The quantitative estimate of drug-likeness (QED) is 0.366. The second-order valence-electron chi connectivity index (χ2n) is 6.98. The van der Waals surface area contributed by atoms with Crippen molar-refractivity contribution in [2.45, 2.75) is 6.35 Å². The number of hydrogen-bond acceptors (Lipinski definition) is 7. The van der Waals surface area contributed by atoms with E-state index in [0.717, 1.165) is 11.0 Å². The number of para-hydroxylation sites is 1. The topological polar surface area (TPSA) is 63.9 Å². The molecular weight excluding hydrogens is 458 g/mol. The molecule has 1 unspecified atom stereocenters. The average Bonchev–Trinajstić information content (AvgIpc) is 2.94. The molecule has 1 N–H and O–H groups in total. The second kappa shape index (κ2) is 8.09. The molecule has 1 atom stereocenters. The molecule has 0 radical (unpaired) electrons. The molecule has 2 rings (SSSR count). The molecule has 8 nitrogen and oxygen atoms in total. The number of fused-ring (bicyclic) bond motifs is 1. The molecule has 0 aliphatic heterocycles. The molecule has 30 heavy (non-hydrogen) atoms. The van der Waals surface area contributed by atoms with E-state index < -0.39 is 22.0 Å². The van der Waals surface area contributed by atoms with Crippen LogP contribution in [0.5, 0.6) is 0 Å². The Labute approximate surface area is 171 Å². The third-order valence-electron chi connectivity index (χ3n) is 3.96. The van der Waals surface area contributed by atoms with Gasteiger partial charge in [0.15, 0.2) is 0 Å². The maximum atomic E-state index is 11.0. The predicted molar refractivity (Wildman–Crippen MR) is 108 cm³/mol. The zero-order valence-electron chi connectivity index (χ0n) is 17.6. The molecule has 0 fully saturated rings. The Hall–Kier alpha value is -1.14. The summed E-state index contributed by atoms with van der Waals surface area (Å²) >= 11 is 0. The number of halogens is 6. The average molecular weight is 485 g/mol. The van der Waals surface area contributed by atoms with Gasteiger partial charge in [0, 0.05) is 49.3 Å². The molecule has 2 aromatic rings. The van der Waals surface area contributed by atoms with Crippen LogP contribution in [0.4, 0.5) is 25.2 Å². The van der Waals surface area contributed by atoms with Gasteiger partial charge in [-0.3, -0.25) is 0 Å². The van der Waals surface area contributed by atoms with Crippen LogP contribution in [0.25, 0.3) is 11.0 Å². The molecule has 1 aromatic heterocycles. The summed E-state index contributed by atoms with van der Waals surface area (Å²) in [6, 6.07) is 7.63. The van der Waals surface area contributed by atoms with E-state index in [2.05, 4.69) is 24.3 Å². The van der Waals surface area contributed by atoms with Crippen molar-refractivity contribution in [2.24, 2.45) is 0 Å². The van der Waals surface area contributed by atoms with Crippen molar-refractivity contribution in [3.8, 4) is 0 Å². The summed E-state index contributed by atoms with van der Waals surface area (Å²) in [5.41, 5.74) is 1.57. The minimum absolute atomic E-state index is 0.767. The van der Waals surface area contributed by atoms with Crippen molar-refractivity contribution in [2.75, 3.05) is 49.3 Å². The van der Waals surface area contributed by atoms with Crippen LogP contribution in [-0.4, -0.2) is 88.1 Å². The van der Waals surface area contributed by atoms with Crippen LogP contribution in [0.1, 0.15) is 6.35 Å². The first kappa shape index (κ1) is 26.9. The molecular formula is C14H27F6N7OP2. The fraction of sp³-hybridized carbons (Fsp3) is 0.571. The first-order valence-corrected chi connectivity index (χ1v) is 12.0. The van der Waals surface area contributed by atoms with Crippen LogP contribution in [0, 0.1) is 0 Å². The van der Waals surface area contributed by atoms with Gasteiger partial charge in [-0.25, -0.2) is 0 Å². The summed E-state index contributed by atoms with van der Waals surface area (Å²) in [6.07, 6.45) is -0.928. The van der Waals surface area contributed by atoms with Gasteiger partial charge in [-0.1, -0.05) is 22.0 Å². The molecule has 16 heteroatoms. The van der Waals surface area contributed by atoms with Gasteiger partial charge in [-0.2, -0.15) is 4.68 Å². The van der Waals surface area contributed by atoms with E-state index >= 15 is 0 Å².